The average molecular weight is 251 g/mol. The van der Waals surface area contributed by atoms with Gasteiger partial charge in [0.25, 0.3) is 5.69 Å². The van der Waals surface area contributed by atoms with Crippen molar-refractivity contribution >= 4 is 11.7 Å². The summed E-state index contributed by atoms with van der Waals surface area (Å²) in [7, 11) is 0. The van der Waals surface area contributed by atoms with Gasteiger partial charge < -0.3 is 4.74 Å². The van der Waals surface area contributed by atoms with Crippen LogP contribution in [-0.4, -0.2) is 16.5 Å². The minimum Gasteiger partial charge on any atom is -0.460 e. The summed E-state index contributed by atoms with van der Waals surface area (Å²) >= 11 is 0. The summed E-state index contributed by atoms with van der Waals surface area (Å²) in [4.78, 5) is 21.9. The van der Waals surface area contributed by atoms with E-state index in [4.69, 9.17) is 4.74 Å². The Hall–Kier alpha value is -1.91. The van der Waals surface area contributed by atoms with Crippen molar-refractivity contribution in [1.29, 1.82) is 0 Å². The second-order valence-electron chi connectivity index (χ2n) is 5.10. The lowest BCUT2D eigenvalue weighted by atomic mass is 10.0. The van der Waals surface area contributed by atoms with Crippen LogP contribution in [0.2, 0.25) is 0 Å². The molecule has 0 aliphatic carbocycles. The van der Waals surface area contributed by atoms with Gasteiger partial charge >= 0.3 is 5.97 Å². The molecule has 5 nitrogen and oxygen atoms in total. The van der Waals surface area contributed by atoms with Crippen molar-refractivity contribution in [2.45, 2.75) is 39.2 Å². The Morgan fingerprint density at radius 3 is 2.17 bits per heavy atom. The van der Waals surface area contributed by atoms with Gasteiger partial charge in [-0.3, -0.25) is 14.9 Å². The summed E-state index contributed by atoms with van der Waals surface area (Å²) in [6, 6.07) is 5.92. The summed E-state index contributed by atoms with van der Waals surface area (Å²) in [5.74, 6) is -0.776. The number of nitrogens with zero attached hydrogens (tertiary/aromatic N) is 1. The number of carbonyl (C=O) groups excluding carboxylic acids is 1. The van der Waals surface area contributed by atoms with Crippen LogP contribution in [0.1, 0.15) is 39.2 Å². The highest BCUT2D eigenvalue weighted by molar-refractivity contribution is 5.78. The molecule has 0 heterocycles. The van der Waals surface area contributed by atoms with Gasteiger partial charge in [-0.05, 0) is 33.3 Å². The molecule has 98 valence electrons. The Bertz CT molecular complexity index is 445. The quantitative estimate of drug-likeness (QED) is 0.470. The number of nitro groups is 1. The van der Waals surface area contributed by atoms with Gasteiger partial charge in [0.15, 0.2) is 0 Å². The van der Waals surface area contributed by atoms with E-state index in [9.17, 15) is 14.9 Å². The van der Waals surface area contributed by atoms with Crippen molar-refractivity contribution in [2.75, 3.05) is 0 Å². The van der Waals surface area contributed by atoms with E-state index < -0.39 is 16.4 Å². The first kappa shape index (κ1) is 14.2. The first-order chi connectivity index (χ1) is 8.20. The molecule has 0 fully saturated rings. The number of hydrogen-bond donors (Lipinski definition) is 0. The van der Waals surface area contributed by atoms with E-state index in [2.05, 4.69) is 0 Å². The molecule has 0 unspecified atom stereocenters. The Labute approximate surface area is 106 Å². The Morgan fingerprint density at radius 1 is 1.28 bits per heavy atom. The maximum absolute atomic E-state index is 11.8. The lowest BCUT2D eigenvalue weighted by molar-refractivity contribution is -0.384. The van der Waals surface area contributed by atoms with Crippen LogP contribution in [-0.2, 0) is 9.53 Å². The van der Waals surface area contributed by atoms with Gasteiger partial charge in [-0.15, -0.1) is 0 Å². The fraction of sp³-hybridized carbons (Fsp3) is 0.462. The minimum absolute atomic E-state index is 0.00939. The second kappa shape index (κ2) is 5.16. The number of ether oxygens (including phenoxy) is 1. The second-order valence-corrected chi connectivity index (χ2v) is 5.10. The van der Waals surface area contributed by atoms with Gasteiger partial charge in [-0.2, -0.15) is 0 Å². The van der Waals surface area contributed by atoms with Crippen molar-refractivity contribution < 1.29 is 14.5 Å². The maximum atomic E-state index is 11.8. The van der Waals surface area contributed by atoms with Gasteiger partial charge in [0.2, 0.25) is 0 Å². The number of rotatable bonds is 3. The van der Waals surface area contributed by atoms with Crippen molar-refractivity contribution in [3.63, 3.8) is 0 Å². The monoisotopic (exact) mass is 251 g/mol. The standard InChI is InChI=1S/C13H17NO4/c1-9(12(15)18-13(2,3)4)10-5-7-11(8-6-10)14(16)17/h5-9H,1-4H3/t9-/m1/s1. The average Bonchev–Trinajstić information content (AvgIpc) is 2.26. The zero-order chi connectivity index (χ0) is 13.9. The first-order valence-electron chi connectivity index (χ1n) is 5.68. The van der Waals surface area contributed by atoms with Crippen LogP contribution in [0, 0.1) is 10.1 Å². The molecule has 1 rings (SSSR count). The maximum Gasteiger partial charge on any atom is 0.313 e. The van der Waals surface area contributed by atoms with Crippen molar-refractivity contribution in [1.82, 2.24) is 0 Å². The first-order valence-corrected chi connectivity index (χ1v) is 5.68. The molecule has 1 aromatic rings. The smallest absolute Gasteiger partial charge is 0.313 e. The lowest BCUT2D eigenvalue weighted by Crippen LogP contribution is -2.26. The summed E-state index contributed by atoms with van der Waals surface area (Å²) in [6.07, 6.45) is 0. The van der Waals surface area contributed by atoms with E-state index in [0.717, 1.165) is 0 Å². The molecule has 0 amide bonds. The van der Waals surface area contributed by atoms with E-state index in [0.29, 0.717) is 5.56 Å². The van der Waals surface area contributed by atoms with Crippen LogP contribution in [0.4, 0.5) is 5.69 Å². The molecule has 18 heavy (non-hydrogen) atoms. The van der Waals surface area contributed by atoms with E-state index in [1.54, 1.807) is 39.8 Å². The van der Waals surface area contributed by atoms with E-state index in [1.807, 2.05) is 0 Å². The summed E-state index contributed by atoms with van der Waals surface area (Å²) in [6.45, 7) is 7.11. The molecule has 0 N–H and O–H groups in total. The van der Waals surface area contributed by atoms with E-state index in [-0.39, 0.29) is 11.7 Å². The number of benzene rings is 1. The third kappa shape index (κ3) is 3.84. The Kier molecular flexibility index (Phi) is 4.06. The molecular weight excluding hydrogens is 234 g/mol. The zero-order valence-corrected chi connectivity index (χ0v) is 11.0. The van der Waals surface area contributed by atoms with E-state index in [1.165, 1.54) is 12.1 Å². The van der Waals surface area contributed by atoms with Gasteiger partial charge in [0.05, 0.1) is 10.8 Å². The molecule has 0 saturated heterocycles. The molecule has 0 radical (unpaired) electrons. The predicted molar refractivity (Wildman–Crippen MR) is 67.4 cm³/mol. The fourth-order valence-electron chi connectivity index (χ4n) is 1.41. The van der Waals surface area contributed by atoms with Gasteiger partial charge in [-0.25, -0.2) is 0 Å². The van der Waals surface area contributed by atoms with Crippen LogP contribution in [0.5, 0.6) is 0 Å². The summed E-state index contributed by atoms with van der Waals surface area (Å²) in [5, 5.41) is 10.5. The van der Waals surface area contributed by atoms with Crippen molar-refractivity contribution in [3.8, 4) is 0 Å². The highest BCUT2D eigenvalue weighted by atomic mass is 16.6. The topological polar surface area (TPSA) is 69.4 Å². The van der Waals surface area contributed by atoms with Crippen LogP contribution < -0.4 is 0 Å². The zero-order valence-electron chi connectivity index (χ0n) is 11.0. The molecule has 0 aliphatic heterocycles. The predicted octanol–water partition coefficient (Wildman–Crippen LogP) is 3.04. The molecule has 1 atom stereocenters. The van der Waals surface area contributed by atoms with Crippen molar-refractivity contribution in [2.24, 2.45) is 0 Å². The van der Waals surface area contributed by atoms with Crippen LogP contribution >= 0.6 is 0 Å². The third-order valence-corrected chi connectivity index (χ3v) is 2.36. The fourth-order valence-corrected chi connectivity index (χ4v) is 1.41. The van der Waals surface area contributed by atoms with Crippen molar-refractivity contribution in [3.05, 3.63) is 39.9 Å². The van der Waals surface area contributed by atoms with Crippen LogP contribution in [0.3, 0.4) is 0 Å². The summed E-state index contributed by atoms with van der Waals surface area (Å²) < 4.78 is 5.26. The molecule has 5 heteroatoms. The molecule has 0 aliphatic rings. The SMILES string of the molecule is C[C@@H](C(=O)OC(C)(C)C)c1ccc([N+](=O)[O-])cc1. The number of carbonyl (C=O) groups is 1. The van der Waals surface area contributed by atoms with Crippen LogP contribution in [0.25, 0.3) is 0 Å². The lowest BCUT2D eigenvalue weighted by Gasteiger charge is -2.22. The number of non-ortho nitro benzene ring substituents is 1. The number of nitro benzene ring substituents is 1. The van der Waals surface area contributed by atoms with Crippen LogP contribution in [0.15, 0.2) is 24.3 Å². The number of esters is 1. The molecule has 0 bridgehead atoms. The minimum atomic E-state index is -0.536. The molecule has 0 spiro atoms. The third-order valence-electron chi connectivity index (χ3n) is 2.36. The van der Waals surface area contributed by atoms with Gasteiger partial charge in [0, 0.05) is 12.1 Å². The summed E-state index contributed by atoms with van der Waals surface area (Å²) in [5.41, 5.74) is 0.177. The normalized spacial score (nSPS) is 12.9. The Morgan fingerprint density at radius 2 is 1.78 bits per heavy atom. The molecule has 0 aromatic heterocycles. The highest BCUT2D eigenvalue weighted by Gasteiger charge is 2.23. The van der Waals surface area contributed by atoms with E-state index >= 15 is 0 Å². The highest BCUT2D eigenvalue weighted by Crippen LogP contribution is 2.22. The molecular formula is C13H17NO4. The molecule has 1 aromatic carbocycles. The van der Waals surface area contributed by atoms with Gasteiger partial charge in [0.1, 0.15) is 5.60 Å². The number of hydrogen-bond acceptors (Lipinski definition) is 4. The Balaban J connectivity index is 2.81. The van der Waals surface area contributed by atoms with Gasteiger partial charge in [-0.1, -0.05) is 12.1 Å². The largest absolute Gasteiger partial charge is 0.460 e. The molecule has 0 saturated carbocycles.